The van der Waals surface area contributed by atoms with Crippen molar-refractivity contribution in [1.82, 2.24) is 5.32 Å². The van der Waals surface area contributed by atoms with Crippen molar-refractivity contribution in [3.63, 3.8) is 0 Å². The molecule has 4 nitrogen and oxygen atoms in total. The Kier molecular flexibility index (Phi) is 6.29. The van der Waals surface area contributed by atoms with Crippen molar-refractivity contribution in [3.8, 4) is 0 Å². The molecule has 0 aliphatic carbocycles. The predicted molar refractivity (Wildman–Crippen MR) is 75.6 cm³/mol. The normalized spacial score (nSPS) is 12.2. The molecule has 1 unspecified atom stereocenters. The first-order valence-corrected chi connectivity index (χ1v) is 6.54. The van der Waals surface area contributed by atoms with E-state index in [0.29, 0.717) is 13.0 Å². The number of nitrogens with two attached hydrogens (primary N) is 1. The van der Waals surface area contributed by atoms with E-state index < -0.39 is 0 Å². The lowest BCUT2D eigenvalue weighted by Gasteiger charge is -2.22. The van der Waals surface area contributed by atoms with Crippen LogP contribution in [0.3, 0.4) is 0 Å². The minimum absolute atomic E-state index is 0.264. The number of carbonyl (C=O) groups is 1. The fourth-order valence-corrected chi connectivity index (χ4v) is 1.83. The van der Waals surface area contributed by atoms with Crippen molar-refractivity contribution >= 4 is 11.6 Å². The lowest BCUT2D eigenvalue weighted by atomic mass is 10.1. The van der Waals surface area contributed by atoms with Crippen LogP contribution in [0.25, 0.3) is 0 Å². The zero-order valence-electron chi connectivity index (χ0n) is 11.5. The van der Waals surface area contributed by atoms with Gasteiger partial charge in [0.1, 0.15) is 5.82 Å². The van der Waals surface area contributed by atoms with E-state index in [2.05, 4.69) is 5.32 Å². The molecule has 0 aliphatic heterocycles. The number of nitrogens with one attached hydrogen (secondary N) is 1. The van der Waals surface area contributed by atoms with Crippen LogP contribution in [0.2, 0.25) is 0 Å². The lowest BCUT2D eigenvalue weighted by Crippen LogP contribution is -2.43. The molecular formula is C14H22FN3O. The molecule has 0 aliphatic rings. The highest BCUT2D eigenvalue weighted by Crippen LogP contribution is 2.14. The zero-order chi connectivity index (χ0) is 14.3. The van der Waals surface area contributed by atoms with Crippen LogP contribution in [0.1, 0.15) is 19.8 Å². The Labute approximate surface area is 113 Å². The first-order valence-electron chi connectivity index (χ1n) is 6.54. The Bertz CT molecular complexity index is 411. The summed E-state index contributed by atoms with van der Waals surface area (Å²) >= 11 is 0. The molecule has 0 fully saturated rings. The molecule has 0 radical (unpaired) electrons. The van der Waals surface area contributed by atoms with E-state index in [1.807, 2.05) is 24.9 Å². The van der Waals surface area contributed by atoms with Gasteiger partial charge >= 0.3 is 0 Å². The van der Waals surface area contributed by atoms with Crippen LogP contribution in [-0.4, -0.2) is 32.1 Å². The van der Waals surface area contributed by atoms with Gasteiger partial charge in [-0.2, -0.15) is 0 Å². The number of hydrogen-bond donors (Lipinski definition) is 2. The van der Waals surface area contributed by atoms with E-state index in [4.69, 9.17) is 5.73 Å². The number of anilines is 1. The number of halogens is 1. The molecule has 1 aromatic carbocycles. The molecule has 1 aromatic rings. The second-order valence-electron chi connectivity index (χ2n) is 4.60. The third-order valence-electron chi connectivity index (χ3n) is 2.99. The van der Waals surface area contributed by atoms with Crippen molar-refractivity contribution in [2.75, 3.05) is 25.0 Å². The third kappa shape index (κ3) is 5.26. The van der Waals surface area contributed by atoms with Gasteiger partial charge in [0.25, 0.3) is 0 Å². The van der Waals surface area contributed by atoms with Crippen LogP contribution in [0.15, 0.2) is 24.3 Å². The second kappa shape index (κ2) is 7.74. The molecule has 0 saturated heterocycles. The van der Waals surface area contributed by atoms with E-state index in [1.165, 1.54) is 12.1 Å². The summed E-state index contributed by atoms with van der Waals surface area (Å²) in [7, 11) is 1.87. The minimum Gasteiger partial charge on any atom is -0.374 e. The standard InChI is InChI=1S/C14H22FN3O/c1-3-8-17-13(14(16)19)7-9-18(2)12-6-4-5-11(15)10-12/h4-6,10,13,17H,3,7-9H2,1-2H3,(H2,16,19). The van der Waals surface area contributed by atoms with Gasteiger partial charge < -0.3 is 16.0 Å². The van der Waals surface area contributed by atoms with Gasteiger partial charge in [-0.15, -0.1) is 0 Å². The Balaban J connectivity index is 2.51. The average Bonchev–Trinajstić information content (AvgIpc) is 2.38. The molecule has 3 N–H and O–H groups in total. The summed E-state index contributed by atoms with van der Waals surface area (Å²) in [6, 6.07) is 6.05. The third-order valence-corrected chi connectivity index (χ3v) is 2.99. The average molecular weight is 267 g/mol. The van der Waals surface area contributed by atoms with E-state index in [1.54, 1.807) is 6.07 Å². The summed E-state index contributed by atoms with van der Waals surface area (Å²) in [5, 5.41) is 3.11. The highest BCUT2D eigenvalue weighted by atomic mass is 19.1. The number of nitrogens with zero attached hydrogens (tertiary/aromatic N) is 1. The summed E-state index contributed by atoms with van der Waals surface area (Å²) in [5.74, 6) is -0.610. The van der Waals surface area contributed by atoms with Crippen LogP contribution < -0.4 is 16.0 Å². The summed E-state index contributed by atoms with van der Waals surface area (Å²) in [5.41, 5.74) is 6.14. The Morgan fingerprint density at radius 2 is 2.26 bits per heavy atom. The lowest BCUT2D eigenvalue weighted by molar-refractivity contribution is -0.120. The van der Waals surface area contributed by atoms with Gasteiger partial charge in [-0.3, -0.25) is 4.79 Å². The smallest absolute Gasteiger partial charge is 0.234 e. The molecule has 1 amide bonds. The first-order chi connectivity index (χ1) is 9.04. The van der Waals surface area contributed by atoms with Crippen LogP contribution in [-0.2, 0) is 4.79 Å². The largest absolute Gasteiger partial charge is 0.374 e. The zero-order valence-corrected chi connectivity index (χ0v) is 11.5. The molecule has 106 valence electrons. The highest BCUT2D eigenvalue weighted by molar-refractivity contribution is 5.79. The molecule has 0 aromatic heterocycles. The topological polar surface area (TPSA) is 58.4 Å². The Morgan fingerprint density at radius 3 is 2.84 bits per heavy atom. The van der Waals surface area contributed by atoms with Crippen LogP contribution in [0.4, 0.5) is 10.1 Å². The summed E-state index contributed by atoms with van der Waals surface area (Å²) < 4.78 is 13.1. The fraction of sp³-hybridized carbons (Fsp3) is 0.500. The van der Waals surface area contributed by atoms with E-state index >= 15 is 0 Å². The van der Waals surface area contributed by atoms with Crippen molar-refractivity contribution in [2.45, 2.75) is 25.8 Å². The van der Waals surface area contributed by atoms with Crippen LogP contribution >= 0.6 is 0 Å². The van der Waals surface area contributed by atoms with E-state index in [0.717, 1.165) is 18.7 Å². The summed E-state index contributed by atoms with van der Waals surface area (Å²) in [4.78, 5) is 13.2. The Morgan fingerprint density at radius 1 is 1.53 bits per heavy atom. The summed E-state index contributed by atoms with van der Waals surface area (Å²) in [6.07, 6.45) is 1.55. The van der Waals surface area contributed by atoms with Crippen molar-refractivity contribution in [3.05, 3.63) is 30.1 Å². The quantitative estimate of drug-likeness (QED) is 0.750. The van der Waals surface area contributed by atoms with E-state index in [9.17, 15) is 9.18 Å². The molecule has 1 atom stereocenters. The number of carbonyl (C=O) groups excluding carboxylic acids is 1. The van der Waals surface area contributed by atoms with Gasteiger partial charge in [-0.05, 0) is 37.6 Å². The maximum Gasteiger partial charge on any atom is 0.234 e. The number of primary amides is 1. The van der Waals surface area contributed by atoms with Gasteiger partial charge in [0.2, 0.25) is 5.91 Å². The highest BCUT2D eigenvalue weighted by Gasteiger charge is 2.15. The number of amides is 1. The van der Waals surface area contributed by atoms with Gasteiger partial charge in [-0.25, -0.2) is 4.39 Å². The molecule has 0 bridgehead atoms. The number of rotatable bonds is 8. The van der Waals surface area contributed by atoms with Crippen LogP contribution in [0, 0.1) is 5.82 Å². The number of benzene rings is 1. The Hall–Kier alpha value is -1.62. The second-order valence-corrected chi connectivity index (χ2v) is 4.60. The minimum atomic E-state index is -0.346. The van der Waals surface area contributed by atoms with Crippen molar-refractivity contribution in [1.29, 1.82) is 0 Å². The van der Waals surface area contributed by atoms with Crippen molar-refractivity contribution < 1.29 is 9.18 Å². The molecular weight excluding hydrogens is 245 g/mol. The molecule has 0 heterocycles. The fourth-order valence-electron chi connectivity index (χ4n) is 1.83. The molecule has 1 rings (SSSR count). The molecule has 0 spiro atoms. The van der Waals surface area contributed by atoms with Crippen LogP contribution in [0.5, 0.6) is 0 Å². The van der Waals surface area contributed by atoms with Gasteiger partial charge in [-0.1, -0.05) is 13.0 Å². The molecule has 0 saturated carbocycles. The SMILES string of the molecule is CCCNC(CCN(C)c1cccc(F)c1)C(N)=O. The molecule has 19 heavy (non-hydrogen) atoms. The maximum atomic E-state index is 13.1. The van der Waals surface area contributed by atoms with E-state index in [-0.39, 0.29) is 17.8 Å². The van der Waals surface area contributed by atoms with Crippen molar-refractivity contribution in [2.24, 2.45) is 5.73 Å². The molecule has 5 heteroatoms. The summed E-state index contributed by atoms with van der Waals surface area (Å²) in [6.45, 7) is 3.43. The van der Waals surface area contributed by atoms with Gasteiger partial charge in [0.05, 0.1) is 6.04 Å². The first kappa shape index (κ1) is 15.4. The van der Waals surface area contributed by atoms with Gasteiger partial charge in [0, 0.05) is 19.3 Å². The maximum absolute atomic E-state index is 13.1. The number of hydrogen-bond acceptors (Lipinski definition) is 3. The monoisotopic (exact) mass is 267 g/mol. The predicted octanol–water partition coefficient (Wildman–Crippen LogP) is 1.51. The van der Waals surface area contributed by atoms with Gasteiger partial charge in [0.15, 0.2) is 0 Å².